The topological polar surface area (TPSA) is 53.5 Å². The van der Waals surface area contributed by atoms with E-state index in [1.54, 1.807) is 0 Å². The Balaban J connectivity index is 1.53. The molecular weight excluding hydrogens is 274 g/mol. The smallest absolute Gasteiger partial charge is 0.224 e. The first-order valence-electron chi connectivity index (χ1n) is 7.54. The summed E-state index contributed by atoms with van der Waals surface area (Å²) in [6, 6.07) is 17.8. The Bertz CT molecular complexity index is 662. The number of aliphatic imine (C=N–C) groups is 1. The lowest BCUT2D eigenvalue weighted by atomic mass is 10.1. The Morgan fingerprint density at radius 3 is 2.55 bits per heavy atom. The van der Waals surface area contributed by atoms with E-state index in [2.05, 4.69) is 15.6 Å². The van der Waals surface area contributed by atoms with Crippen molar-refractivity contribution in [3.63, 3.8) is 0 Å². The van der Waals surface area contributed by atoms with E-state index in [-0.39, 0.29) is 5.91 Å². The largest absolute Gasteiger partial charge is 0.368 e. The molecule has 4 nitrogen and oxygen atoms in total. The van der Waals surface area contributed by atoms with E-state index in [1.807, 2.05) is 54.6 Å². The van der Waals surface area contributed by atoms with Crippen LogP contribution in [-0.4, -0.2) is 24.8 Å². The predicted octanol–water partition coefficient (Wildman–Crippen LogP) is 2.61. The molecule has 1 heterocycles. The number of aryl methyl sites for hydroxylation is 1. The molecule has 0 aromatic heterocycles. The summed E-state index contributed by atoms with van der Waals surface area (Å²) >= 11 is 0. The summed E-state index contributed by atoms with van der Waals surface area (Å²) in [5, 5.41) is 6.16. The number of hydrogen-bond donors (Lipinski definition) is 2. The number of amidine groups is 1. The number of rotatable bonds is 5. The van der Waals surface area contributed by atoms with Crippen LogP contribution in [-0.2, 0) is 11.2 Å². The van der Waals surface area contributed by atoms with Gasteiger partial charge in [0.2, 0.25) is 5.91 Å². The Hall–Kier alpha value is -2.62. The minimum atomic E-state index is 0.0351. The van der Waals surface area contributed by atoms with Gasteiger partial charge in [0.1, 0.15) is 5.84 Å². The second-order valence-corrected chi connectivity index (χ2v) is 5.27. The summed E-state index contributed by atoms with van der Waals surface area (Å²) in [6.45, 7) is 1.72. The molecule has 0 bridgehead atoms. The van der Waals surface area contributed by atoms with Gasteiger partial charge in [-0.15, -0.1) is 0 Å². The molecule has 1 aliphatic rings. The fourth-order valence-electron chi connectivity index (χ4n) is 2.43. The van der Waals surface area contributed by atoms with E-state index in [1.165, 1.54) is 5.56 Å². The van der Waals surface area contributed by atoms with Gasteiger partial charge >= 0.3 is 0 Å². The first kappa shape index (κ1) is 14.3. The number of amides is 1. The highest BCUT2D eigenvalue weighted by Gasteiger charge is 2.08. The zero-order valence-corrected chi connectivity index (χ0v) is 12.4. The Morgan fingerprint density at radius 1 is 1.09 bits per heavy atom. The van der Waals surface area contributed by atoms with Crippen LogP contribution < -0.4 is 10.6 Å². The summed E-state index contributed by atoms with van der Waals surface area (Å²) < 4.78 is 0. The van der Waals surface area contributed by atoms with Crippen LogP contribution >= 0.6 is 0 Å². The average molecular weight is 293 g/mol. The maximum absolute atomic E-state index is 12.0. The van der Waals surface area contributed by atoms with Crippen molar-refractivity contribution in [3.8, 4) is 0 Å². The molecule has 0 unspecified atom stereocenters. The van der Waals surface area contributed by atoms with Gasteiger partial charge in [0.25, 0.3) is 0 Å². The molecule has 0 radical (unpaired) electrons. The Labute approximate surface area is 130 Å². The normalized spacial score (nSPS) is 13.4. The summed E-state index contributed by atoms with van der Waals surface area (Å²) in [5.41, 5.74) is 3.05. The fourth-order valence-corrected chi connectivity index (χ4v) is 2.43. The van der Waals surface area contributed by atoms with Crippen LogP contribution in [0.3, 0.4) is 0 Å². The van der Waals surface area contributed by atoms with Crippen molar-refractivity contribution in [1.82, 2.24) is 5.32 Å². The van der Waals surface area contributed by atoms with Crippen molar-refractivity contribution in [2.45, 2.75) is 12.8 Å². The van der Waals surface area contributed by atoms with Crippen LogP contribution in [0, 0.1) is 0 Å². The molecule has 0 fully saturated rings. The SMILES string of the molecule is O=C(CCc1ccccc1)Nc1ccc(C2=NCCN2)cc1. The molecule has 3 rings (SSSR count). The molecule has 0 saturated carbocycles. The van der Waals surface area contributed by atoms with Gasteiger partial charge in [-0.1, -0.05) is 30.3 Å². The van der Waals surface area contributed by atoms with E-state index in [9.17, 15) is 4.79 Å². The summed E-state index contributed by atoms with van der Waals surface area (Å²) in [4.78, 5) is 16.4. The van der Waals surface area contributed by atoms with Crippen molar-refractivity contribution in [3.05, 3.63) is 65.7 Å². The van der Waals surface area contributed by atoms with E-state index in [0.29, 0.717) is 6.42 Å². The third-order valence-electron chi connectivity index (χ3n) is 3.60. The monoisotopic (exact) mass is 293 g/mol. The Morgan fingerprint density at radius 2 is 1.86 bits per heavy atom. The fraction of sp³-hybridized carbons (Fsp3) is 0.222. The zero-order valence-electron chi connectivity index (χ0n) is 12.4. The first-order valence-corrected chi connectivity index (χ1v) is 7.54. The molecule has 0 atom stereocenters. The van der Waals surface area contributed by atoms with Gasteiger partial charge in [-0.2, -0.15) is 0 Å². The van der Waals surface area contributed by atoms with Crippen LogP contribution in [0.25, 0.3) is 0 Å². The quantitative estimate of drug-likeness (QED) is 0.890. The lowest BCUT2D eigenvalue weighted by molar-refractivity contribution is -0.116. The molecular formula is C18H19N3O. The van der Waals surface area contributed by atoms with Gasteiger partial charge in [-0.25, -0.2) is 0 Å². The van der Waals surface area contributed by atoms with E-state index < -0.39 is 0 Å². The minimum Gasteiger partial charge on any atom is -0.368 e. The molecule has 0 aliphatic carbocycles. The predicted molar refractivity (Wildman–Crippen MR) is 89.2 cm³/mol. The summed E-state index contributed by atoms with van der Waals surface area (Å²) in [5.74, 6) is 0.967. The minimum absolute atomic E-state index is 0.0351. The first-order chi connectivity index (χ1) is 10.8. The van der Waals surface area contributed by atoms with Crippen molar-refractivity contribution in [1.29, 1.82) is 0 Å². The van der Waals surface area contributed by atoms with Gasteiger partial charge in [-0.3, -0.25) is 9.79 Å². The molecule has 0 spiro atoms. The van der Waals surface area contributed by atoms with E-state index in [4.69, 9.17) is 0 Å². The number of nitrogens with zero attached hydrogens (tertiary/aromatic N) is 1. The van der Waals surface area contributed by atoms with Crippen LogP contribution in [0.15, 0.2) is 59.6 Å². The second kappa shape index (κ2) is 6.89. The second-order valence-electron chi connectivity index (χ2n) is 5.27. The molecule has 22 heavy (non-hydrogen) atoms. The zero-order chi connectivity index (χ0) is 15.2. The number of anilines is 1. The molecule has 1 amide bonds. The van der Waals surface area contributed by atoms with E-state index >= 15 is 0 Å². The number of nitrogens with one attached hydrogen (secondary N) is 2. The van der Waals surface area contributed by atoms with Gasteiger partial charge in [0.05, 0.1) is 6.54 Å². The molecule has 112 valence electrons. The number of carbonyl (C=O) groups is 1. The molecule has 2 N–H and O–H groups in total. The molecule has 2 aromatic carbocycles. The molecule has 2 aromatic rings. The van der Waals surface area contributed by atoms with Crippen LogP contribution in [0.1, 0.15) is 17.5 Å². The highest BCUT2D eigenvalue weighted by atomic mass is 16.1. The van der Waals surface area contributed by atoms with Crippen LogP contribution in [0.4, 0.5) is 5.69 Å². The highest BCUT2D eigenvalue weighted by Crippen LogP contribution is 2.12. The molecule has 4 heteroatoms. The van der Waals surface area contributed by atoms with Gasteiger partial charge in [0, 0.05) is 24.2 Å². The molecule has 0 saturated heterocycles. The lowest BCUT2D eigenvalue weighted by Crippen LogP contribution is -2.19. The van der Waals surface area contributed by atoms with Crippen molar-refractivity contribution < 1.29 is 4.79 Å². The van der Waals surface area contributed by atoms with Crippen LogP contribution in [0.2, 0.25) is 0 Å². The third kappa shape index (κ3) is 3.73. The lowest BCUT2D eigenvalue weighted by Gasteiger charge is -2.07. The van der Waals surface area contributed by atoms with Crippen molar-refractivity contribution in [2.75, 3.05) is 18.4 Å². The standard InChI is InChI=1S/C18H19N3O/c22-17(11-6-14-4-2-1-3-5-14)21-16-9-7-15(8-10-16)18-19-12-13-20-18/h1-5,7-10H,6,11-13H2,(H,19,20)(H,21,22). The van der Waals surface area contributed by atoms with Gasteiger partial charge in [-0.05, 0) is 36.2 Å². The van der Waals surface area contributed by atoms with Gasteiger partial charge in [0.15, 0.2) is 0 Å². The van der Waals surface area contributed by atoms with Crippen molar-refractivity contribution in [2.24, 2.45) is 4.99 Å². The summed E-state index contributed by atoms with van der Waals surface area (Å²) in [6.07, 6.45) is 1.24. The maximum Gasteiger partial charge on any atom is 0.224 e. The highest BCUT2D eigenvalue weighted by molar-refractivity contribution is 6.00. The number of hydrogen-bond acceptors (Lipinski definition) is 3. The maximum atomic E-state index is 12.0. The Kier molecular flexibility index (Phi) is 4.49. The molecule has 1 aliphatic heterocycles. The third-order valence-corrected chi connectivity index (χ3v) is 3.60. The average Bonchev–Trinajstić information content (AvgIpc) is 3.09. The van der Waals surface area contributed by atoms with Crippen LogP contribution in [0.5, 0.6) is 0 Å². The number of carbonyl (C=O) groups excluding carboxylic acids is 1. The van der Waals surface area contributed by atoms with Crippen molar-refractivity contribution >= 4 is 17.4 Å². The summed E-state index contributed by atoms with van der Waals surface area (Å²) in [7, 11) is 0. The number of benzene rings is 2. The van der Waals surface area contributed by atoms with Gasteiger partial charge < -0.3 is 10.6 Å². The van der Waals surface area contributed by atoms with E-state index in [0.717, 1.165) is 36.6 Å².